The Morgan fingerprint density at radius 2 is 2.06 bits per heavy atom. The Balaban J connectivity index is 0.00000111. The topological polar surface area (TPSA) is 68.7 Å². The van der Waals surface area contributed by atoms with E-state index in [2.05, 4.69) is 15.2 Å². The number of hydrogen-bond donors (Lipinski definition) is 1. The lowest BCUT2D eigenvalue weighted by molar-refractivity contribution is -0.0985. The molecule has 3 aromatic rings. The third-order valence-corrected chi connectivity index (χ3v) is 6.29. The Morgan fingerprint density at radius 1 is 1.24 bits per heavy atom. The zero-order valence-corrected chi connectivity index (χ0v) is 20.4. The van der Waals surface area contributed by atoms with Gasteiger partial charge in [-0.2, -0.15) is 0 Å². The quantitative estimate of drug-likeness (QED) is 0.509. The second kappa shape index (κ2) is 10.5. The predicted octanol–water partition coefficient (Wildman–Crippen LogP) is 4.54. The molecule has 0 bridgehead atoms. The maximum atomic E-state index is 14.6. The lowest BCUT2D eigenvalue weighted by Gasteiger charge is -2.38. The van der Waals surface area contributed by atoms with E-state index in [4.69, 9.17) is 19.2 Å². The molecule has 4 heterocycles. The number of likely N-dealkylation sites (N-methyl/N-ethyl adjacent to an activating group) is 1. The van der Waals surface area contributed by atoms with Gasteiger partial charge in [-0.25, -0.2) is 14.4 Å². The van der Waals surface area contributed by atoms with Crippen molar-refractivity contribution in [2.75, 3.05) is 58.5 Å². The summed E-state index contributed by atoms with van der Waals surface area (Å²) in [7, 11) is 3.34. The Kier molecular flexibility index (Phi) is 7.48. The number of pyridine rings is 2. The van der Waals surface area contributed by atoms with E-state index in [9.17, 15) is 4.39 Å². The molecule has 0 atom stereocenters. The highest BCUT2D eigenvalue weighted by Gasteiger charge is 2.44. The van der Waals surface area contributed by atoms with Crippen molar-refractivity contribution in [3.05, 3.63) is 42.3 Å². The van der Waals surface area contributed by atoms with Crippen LogP contribution in [0.15, 0.2) is 36.5 Å². The highest BCUT2D eigenvalue weighted by Crippen LogP contribution is 2.42. The molecule has 1 N–H and O–H groups in total. The van der Waals surface area contributed by atoms with E-state index in [-0.39, 0.29) is 18.4 Å². The first-order chi connectivity index (χ1) is 16.6. The first-order valence-electron chi connectivity index (χ1n) is 11.9. The summed E-state index contributed by atoms with van der Waals surface area (Å²) in [6.45, 7) is 8.69. The molecule has 1 aromatic carbocycles. The normalized spacial score (nSPS) is 16.2. The monoisotopic (exact) mass is 470 g/mol. The average Bonchev–Trinajstić information content (AvgIpc) is 3.31. The van der Waals surface area contributed by atoms with Crippen molar-refractivity contribution in [1.82, 2.24) is 15.3 Å². The molecule has 2 aliphatic heterocycles. The molecule has 2 aromatic heterocycles. The maximum absolute atomic E-state index is 14.6. The van der Waals surface area contributed by atoms with Gasteiger partial charge in [0.25, 0.3) is 0 Å². The van der Waals surface area contributed by atoms with Crippen molar-refractivity contribution in [1.29, 1.82) is 0 Å². The van der Waals surface area contributed by atoms with Crippen LogP contribution in [0.3, 0.4) is 0 Å². The van der Waals surface area contributed by atoms with E-state index in [1.54, 1.807) is 12.3 Å². The Bertz CT molecular complexity index is 1130. The Morgan fingerprint density at radius 3 is 2.68 bits per heavy atom. The third-order valence-electron chi connectivity index (χ3n) is 6.29. The third kappa shape index (κ3) is 4.79. The van der Waals surface area contributed by atoms with Crippen LogP contribution in [0.2, 0.25) is 0 Å². The van der Waals surface area contributed by atoms with E-state index < -0.39 is 0 Å². The van der Waals surface area contributed by atoms with E-state index >= 15 is 0 Å². The lowest BCUT2D eigenvalue weighted by Crippen LogP contribution is -2.44. The first kappa shape index (κ1) is 24.2. The van der Waals surface area contributed by atoms with E-state index in [1.807, 2.05) is 39.1 Å². The van der Waals surface area contributed by atoms with Gasteiger partial charge >= 0.3 is 0 Å². The molecule has 8 heteroatoms. The van der Waals surface area contributed by atoms with Crippen LogP contribution in [0.4, 0.5) is 10.1 Å². The largest absolute Gasteiger partial charge is 0.494 e. The zero-order chi connectivity index (χ0) is 24.1. The average molecular weight is 471 g/mol. The number of fused-ring (bicyclic) bond motifs is 1. The van der Waals surface area contributed by atoms with Gasteiger partial charge in [0.15, 0.2) is 11.6 Å². The fraction of sp³-hybridized carbons (Fsp3) is 0.462. The predicted molar refractivity (Wildman–Crippen MR) is 134 cm³/mol. The van der Waals surface area contributed by atoms with Crippen LogP contribution in [-0.2, 0) is 4.74 Å². The molecule has 2 fully saturated rings. The highest BCUT2D eigenvalue weighted by atomic mass is 19.1. The number of methoxy groups -OCH3 is 1. The molecule has 0 saturated carbocycles. The molecule has 1 spiro atoms. The summed E-state index contributed by atoms with van der Waals surface area (Å²) in [4.78, 5) is 11.6. The summed E-state index contributed by atoms with van der Waals surface area (Å²) in [5.74, 6) is 0.367. The first-order valence-corrected chi connectivity index (χ1v) is 11.9. The van der Waals surface area contributed by atoms with Gasteiger partial charge in [0.1, 0.15) is 6.61 Å². The molecule has 0 radical (unpaired) electrons. The molecular formula is C26H35FN4O3. The summed E-state index contributed by atoms with van der Waals surface area (Å²) in [6.07, 6.45) is 2.84. The maximum Gasteiger partial charge on any atom is 0.213 e. The number of aromatic nitrogens is 2. The van der Waals surface area contributed by atoms with Crippen LogP contribution < -0.4 is 19.7 Å². The number of nitrogens with zero attached hydrogens (tertiary/aromatic N) is 3. The van der Waals surface area contributed by atoms with Crippen LogP contribution in [0.5, 0.6) is 11.6 Å². The lowest BCUT2D eigenvalue weighted by atomic mass is 9.85. The Hall–Kier alpha value is -2.97. The number of anilines is 1. The minimum absolute atomic E-state index is 0. The van der Waals surface area contributed by atoms with E-state index in [1.165, 1.54) is 13.2 Å². The van der Waals surface area contributed by atoms with Crippen LogP contribution in [0.25, 0.3) is 22.2 Å². The fourth-order valence-electron chi connectivity index (χ4n) is 4.42. The van der Waals surface area contributed by atoms with Gasteiger partial charge in [-0.15, -0.1) is 0 Å². The summed E-state index contributed by atoms with van der Waals surface area (Å²) >= 11 is 0. The molecule has 0 unspecified atom stereocenters. The van der Waals surface area contributed by atoms with Gasteiger partial charge in [-0.1, -0.05) is 13.8 Å². The molecular weight excluding hydrogens is 435 g/mol. The standard InChI is InChI=1S/C24H27FN4O3.C2H6.H2/c1-26-6-8-32-23-4-3-16(12-27-23)19-10-21(29-7-5-24(13-29)14-31-15-24)17-9-18(25)22(30-2)11-20(17)28-19;1-2;/h3-4,9-12,26H,5-8,13-15H2,1-2H3;1-2H3;1H. The van der Waals surface area contributed by atoms with Gasteiger partial charge in [-0.05, 0) is 31.7 Å². The molecule has 184 valence electrons. The second-order valence-electron chi connectivity index (χ2n) is 8.53. The SMILES string of the molecule is CC.CNCCOc1ccc(-c2cc(N3CCC4(COC4)C3)c3cc(F)c(OC)cc3n2)cn1.[HH]. The zero-order valence-electron chi connectivity index (χ0n) is 20.4. The van der Waals surface area contributed by atoms with Crippen LogP contribution in [0, 0.1) is 11.2 Å². The van der Waals surface area contributed by atoms with Crippen LogP contribution in [0.1, 0.15) is 21.7 Å². The van der Waals surface area contributed by atoms with Crippen LogP contribution >= 0.6 is 0 Å². The fourth-order valence-corrected chi connectivity index (χ4v) is 4.42. The molecule has 2 saturated heterocycles. The smallest absolute Gasteiger partial charge is 0.213 e. The van der Waals surface area contributed by atoms with Gasteiger partial charge in [0, 0.05) is 61.4 Å². The summed E-state index contributed by atoms with van der Waals surface area (Å²) in [5, 5.41) is 3.82. The minimum atomic E-state index is -0.388. The van der Waals surface area contributed by atoms with Gasteiger partial charge in [-0.3, -0.25) is 0 Å². The van der Waals surface area contributed by atoms with Crippen molar-refractivity contribution in [2.45, 2.75) is 20.3 Å². The summed E-state index contributed by atoms with van der Waals surface area (Å²) < 4.78 is 30.9. The molecule has 5 rings (SSSR count). The van der Waals surface area contributed by atoms with Crippen molar-refractivity contribution >= 4 is 16.6 Å². The van der Waals surface area contributed by atoms with E-state index in [0.29, 0.717) is 18.0 Å². The van der Waals surface area contributed by atoms with Gasteiger partial charge in [0.05, 0.1) is 31.5 Å². The van der Waals surface area contributed by atoms with Crippen molar-refractivity contribution in [2.24, 2.45) is 5.41 Å². The minimum Gasteiger partial charge on any atom is -0.494 e. The Labute approximate surface area is 201 Å². The molecule has 7 nitrogen and oxygen atoms in total. The number of nitrogens with one attached hydrogen (secondary N) is 1. The molecule has 0 aliphatic carbocycles. The summed E-state index contributed by atoms with van der Waals surface area (Å²) in [5.41, 5.74) is 3.54. The van der Waals surface area contributed by atoms with Gasteiger partial charge < -0.3 is 24.4 Å². The number of ether oxygens (including phenoxy) is 3. The summed E-state index contributed by atoms with van der Waals surface area (Å²) in [6, 6.07) is 9.02. The highest BCUT2D eigenvalue weighted by molar-refractivity contribution is 5.95. The van der Waals surface area contributed by atoms with Crippen LogP contribution in [-0.4, -0.2) is 63.6 Å². The van der Waals surface area contributed by atoms with Crippen molar-refractivity contribution in [3.63, 3.8) is 0 Å². The number of halogens is 1. The number of benzene rings is 1. The van der Waals surface area contributed by atoms with E-state index in [0.717, 1.165) is 61.6 Å². The van der Waals surface area contributed by atoms with Crippen molar-refractivity contribution in [3.8, 4) is 22.9 Å². The molecule has 34 heavy (non-hydrogen) atoms. The molecule has 2 aliphatic rings. The number of rotatable bonds is 7. The second-order valence-corrected chi connectivity index (χ2v) is 8.53. The number of hydrogen-bond acceptors (Lipinski definition) is 7. The van der Waals surface area contributed by atoms with Crippen molar-refractivity contribution < 1.29 is 20.0 Å². The molecule has 0 amide bonds. The van der Waals surface area contributed by atoms with Gasteiger partial charge in [0.2, 0.25) is 5.88 Å².